The molecule has 0 fully saturated rings. The van der Waals surface area contributed by atoms with Crippen LogP contribution in [0.25, 0.3) is 0 Å². The molecule has 0 saturated carbocycles. The van der Waals surface area contributed by atoms with Crippen molar-refractivity contribution >= 4 is 23.2 Å². The zero-order valence-electron chi connectivity index (χ0n) is 17.4. The number of para-hydroxylation sites is 1. The highest BCUT2D eigenvalue weighted by Gasteiger charge is 2.24. The van der Waals surface area contributed by atoms with Crippen molar-refractivity contribution < 1.29 is 9.59 Å². The Morgan fingerprint density at radius 2 is 1.50 bits per heavy atom. The molecule has 0 aliphatic carbocycles. The molecule has 0 aromatic heterocycles. The number of carbonyl (C=O) groups is 2. The van der Waals surface area contributed by atoms with Gasteiger partial charge in [-0.05, 0) is 59.4 Å². The normalized spacial score (nSPS) is 12.7. The molecular weight excluding hydrogens is 372 g/mol. The summed E-state index contributed by atoms with van der Waals surface area (Å²) in [5, 5.41) is 2.89. The molecule has 30 heavy (non-hydrogen) atoms. The van der Waals surface area contributed by atoms with Gasteiger partial charge in [0.1, 0.15) is 0 Å². The van der Waals surface area contributed by atoms with Gasteiger partial charge < -0.3 is 10.2 Å². The van der Waals surface area contributed by atoms with Gasteiger partial charge in [-0.15, -0.1) is 0 Å². The average molecular weight is 399 g/mol. The number of hydrogen-bond acceptors (Lipinski definition) is 2. The molecule has 0 unspecified atom stereocenters. The number of benzene rings is 3. The molecule has 0 saturated heterocycles. The highest BCUT2D eigenvalue weighted by atomic mass is 16.2. The Bertz CT molecular complexity index is 1070. The van der Waals surface area contributed by atoms with Crippen LogP contribution in [0.15, 0.2) is 72.8 Å². The molecule has 0 radical (unpaired) electrons. The molecule has 4 rings (SSSR count). The van der Waals surface area contributed by atoms with Gasteiger partial charge in [0.2, 0.25) is 5.91 Å². The lowest BCUT2D eigenvalue weighted by atomic mass is 10.0. The first-order chi connectivity index (χ1) is 14.5. The fourth-order valence-corrected chi connectivity index (χ4v) is 3.88. The molecule has 0 atom stereocenters. The van der Waals surface area contributed by atoms with Crippen LogP contribution in [0.2, 0.25) is 0 Å². The van der Waals surface area contributed by atoms with E-state index < -0.39 is 0 Å². The minimum atomic E-state index is -0.0424. The highest BCUT2D eigenvalue weighted by molar-refractivity contribution is 6.07. The lowest BCUT2D eigenvalue weighted by Gasteiger charge is -2.23. The van der Waals surface area contributed by atoms with Gasteiger partial charge in [-0.25, -0.2) is 0 Å². The summed E-state index contributed by atoms with van der Waals surface area (Å²) >= 11 is 0. The molecule has 1 aliphatic rings. The number of rotatable bonds is 4. The lowest BCUT2D eigenvalue weighted by Crippen LogP contribution is -2.30. The smallest absolute Gasteiger partial charge is 0.258 e. The number of anilines is 2. The van der Waals surface area contributed by atoms with Crippen LogP contribution >= 0.6 is 0 Å². The summed E-state index contributed by atoms with van der Waals surface area (Å²) < 4.78 is 0. The molecule has 1 aliphatic heterocycles. The second-order valence-electron chi connectivity index (χ2n) is 8.19. The second-order valence-corrected chi connectivity index (χ2v) is 8.19. The first kappa shape index (κ1) is 19.9. The van der Waals surface area contributed by atoms with Crippen molar-refractivity contribution in [2.75, 3.05) is 10.2 Å². The molecule has 3 aromatic rings. The number of nitrogens with one attached hydrogen (secondary N) is 1. The van der Waals surface area contributed by atoms with Gasteiger partial charge in [-0.2, -0.15) is 0 Å². The Morgan fingerprint density at radius 1 is 0.867 bits per heavy atom. The molecule has 3 aromatic carbocycles. The molecule has 1 N–H and O–H groups in total. The van der Waals surface area contributed by atoms with Gasteiger partial charge in [0.15, 0.2) is 0 Å². The molecule has 0 spiro atoms. The van der Waals surface area contributed by atoms with Crippen molar-refractivity contribution in [1.29, 1.82) is 0 Å². The first-order valence-electron chi connectivity index (χ1n) is 10.4. The summed E-state index contributed by atoms with van der Waals surface area (Å²) in [5.41, 5.74) is 5.83. The summed E-state index contributed by atoms with van der Waals surface area (Å²) in [6, 6.07) is 23.5. The maximum Gasteiger partial charge on any atom is 0.258 e. The van der Waals surface area contributed by atoms with Crippen molar-refractivity contribution in [3.05, 3.63) is 95.1 Å². The Kier molecular flexibility index (Phi) is 5.66. The Morgan fingerprint density at radius 3 is 2.20 bits per heavy atom. The van der Waals surface area contributed by atoms with Crippen LogP contribution in [-0.2, 0) is 17.8 Å². The molecule has 1 heterocycles. The highest BCUT2D eigenvalue weighted by Crippen LogP contribution is 2.31. The third kappa shape index (κ3) is 4.28. The number of hydrogen-bond donors (Lipinski definition) is 1. The lowest BCUT2D eigenvalue weighted by molar-refractivity contribution is -0.116. The van der Waals surface area contributed by atoms with E-state index in [-0.39, 0.29) is 11.8 Å². The van der Waals surface area contributed by atoms with Gasteiger partial charge in [0.25, 0.3) is 5.91 Å². The summed E-state index contributed by atoms with van der Waals surface area (Å²) in [6.07, 6.45) is 1.29. The van der Waals surface area contributed by atoms with Crippen molar-refractivity contribution in [3.8, 4) is 0 Å². The van der Waals surface area contributed by atoms with Crippen LogP contribution in [-0.4, -0.2) is 11.8 Å². The van der Waals surface area contributed by atoms with E-state index in [9.17, 15) is 9.59 Å². The topological polar surface area (TPSA) is 49.4 Å². The third-order valence-corrected chi connectivity index (χ3v) is 5.36. The van der Waals surface area contributed by atoms with Crippen molar-refractivity contribution in [2.45, 2.75) is 33.2 Å². The largest absolute Gasteiger partial charge is 0.326 e. The van der Waals surface area contributed by atoms with Gasteiger partial charge in [0.05, 0.1) is 6.54 Å². The van der Waals surface area contributed by atoms with E-state index in [1.165, 1.54) is 11.1 Å². The minimum absolute atomic E-state index is 0.0119. The average Bonchev–Trinajstić information content (AvgIpc) is 2.90. The SMILES string of the molecule is CC(C)CC(=O)Nc1ccc(C(=O)N2Cc3ccccc3Cc3ccccc32)cc1. The van der Waals surface area contributed by atoms with E-state index in [4.69, 9.17) is 0 Å². The molecule has 2 amide bonds. The van der Waals surface area contributed by atoms with Crippen molar-refractivity contribution in [2.24, 2.45) is 5.92 Å². The fourth-order valence-electron chi connectivity index (χ4n) is 3.88. The van der Waals surface area contributed by atoms with E-state index in [2.05, 4.69) is 23.5 Å². The van der Waals surface area contributed by atoms with Crippen LogP contribution in [0, 0.1) is 5.92 Å². The standard InChI is InChI=1S/C26H26N2O2/c1-18(2)15-25(29)27-23-13-11-19(12-14-23)26(30)28-17-22-9-4-3-7-20(22)16-21-8-5-6-10-24(21)28/h3-14,18H,15-17H2,1-2H3,(H,27,29). The monoisotopic (exact) mass is 398 g/mol. The Hall–Kier alpha value is -3.40. The number of nitrogens with zero attached hydrogens (tertiary/aromatic N) is 1. The van der Waals surface area contributed by atoms with Crippen molar-refractivity contribution in [1.82, 2.24) is 0 Å². The summed E-state index contributed by atoms with van der Waals surface area (Å²) in [6.45, 7) is 4.57. The first-order valence-corrected chi connectivity index (χ1v) is 10.4. The predicted molar refractivity (Wildman–Crippen MR) is 121 cm³/mol. The van der Waals surface area contributed by atoms with E-state index in [1.54, 1.807) is 24.3 Å². The van der Waals surface area contributed by atoms with E-state index in [1.807, 2.05) is 49.1 Å². The van der Waals surface area contributed by atoms with Crippen LogP contribution in [0.5, 0.6) is 0 Å². The number of amides is 2. The van der Waals surface area contributed by atoms with Crippen LogP contribution in [0.4, 0.5) is 11.4 Å². The molecular formula is C26H26N2O2. The third-order valence-electron chi connectivity index (χ3n) is 5.36. The van der Waals surface area contributed by atoms with Crippen LogP contribution in [0.3, 0.4) is 0 Å². The zero-order valence-corrected chi connectivity index (χ0v) is 17.4. The van der Waals surface area contributed by atoms with Gasteiger partial charge in [-0.1, -0.05) is 56.3 Å². The number of fused-ring (bicyclic) bond motifs is 2. The summed E-state index contributed by atoms with van der Waals surface area (Å²) in [4.78, 5) is 27.3. The van der Waals surface area contributed by atoms with E-state index >= 15 is 0 Å². The maximum absolute atomic E-state index is 13.4. The van der Waals surface area contributed by atoms with Gasteiger partial charge in [-0.3, -0.25) is 9.59 Å². The van der Waals surface area contributed by atoms with Crippen molar-refractivity contribution in [3.63, 3.8) is 0 Å². The molecule has 152 valence electrons. The summed E-state index contributed by atoms with van der Waals surface area (Å²) in [7, 11) is 0. The number of carbonyl (C=O) groups excluding carboxylic acids is 2. The van der Waals surface area contributed by atoms with E-state index in [0.717, 1.165) is 17.7 Å². The fraction of sp³-hybridized carbons (Fsp3) is 0.231. The molecule has 4 heteroatoms. The second kappa shape index (κ2) is 8.54. The summed E-state index contributed by atoms with van der Waals surface area (Å²) in [5.74, 6) is 0.248. The Balaban J connectivity index is 1.60. The predicted octanol–water partition coefficient (Wildman–Crippen LogP) is 5.42. The van der Waals surface area contributed by atoms with Gasteiger partial charge in [0, 0.05) is 23.4 Å². The molecule has 0 bridgehead atoms. The van der Waals surface area contributed by atoms with Gasteiger partial charge >= 0.3 is 0 Å². The minimum Gasteiger partial charge on any atom is -0.326 e. The quantitative estimate of drug-likeness (QED) is 0.638. The Labute approximate surface area is 177 Å². The van der Waals surface area contributed by atoms with Crippen LogP contribution < -0.4 is 10.2 Å². The molecule has 4 nitrogen and oxygen atoms in total. The van der Waals surface area contributed by atoms with Crippen LogP contribution in [0.1, 0.15) is 47.3 Å². The zero-order chi connectivity index (χ0) is 21.1. The maximum atomic E-state index is 13.4. The van der Waals surface area contributed by atoms with E-state index in [0.29, 0.717) is 30.1 Å².